The van der Waals surface area contributed by atoms with E-state index in [2.05, 4.69) is 47.5 Å². The maximum atomic E-state index is 11.7. The van der Waals surface area contributed by atoms with Crippen LogP contribution in [0.3, 0.4) is 0 Å². The predicted molar refractivity (Wildman–Crippen MR) is 118 cm³/mol. The van der Waals surface area contributed by atoms with Gasteiger partial charge in [-0.1, -0.05) is 6.07 Å². The van der Waals surface area contributed by atoms with Crippen LogP contribution in [0.5, 0.6) is 5.75 Å². The summed E-state index contributed by atoms with van der Waals surface area (Å²) in [6.45, 7) is 4.11. The number of ketones is 1. The minimum atomic E-state index is -0.0156. The van der Waals surface area contributed by atoms with E-state index in [1.54, 1.807) is 0 Å². The van der Waals surface area contributed by atoms with Crippen molar-refractivity contribution >= 4 is 27.6 Å². The number of fused-ring (bicyclic) bond motifs is 2. The first-order valence-corrected chi connectivity index (χ1v) is 10.5. The second kappa shape index (κ2) is 6.97. The van der Waals surface area contributed by atoms with Crippen molar-refractivity contribution < 1.29 is 9.53 Å². The van der Waals surface area contributed by atoms with E-state index in [0.29, 0.717) is 18.6 Å². The SMILES string of the molecule is Cc1nn(C)c2ccc(-c3cc(O[C@H](C)[C@H]4CCC(=O)C4)c4cn(C)nc4c3)cc12. The molecule has 0 bridgehead atoms. The molecule has 6 nitrogen and oxygen atoms in total. The largest absolute Gasteiger partial charge is 0.490 e. The van der Waals surface area contributed by atoms with Crippen LogP contribution >= 0.6 is 0 Å². The topological polar surface area (TPSA) is 61.9 Å². The molecular formula is C24H26N4O2. The van der Waals surface area contributed by atoms with Gasteiger partial charge in [0.2, 0.25) is 0 Å². The molecule has 0 N–H and O–H groups in total. The number of ether oxygens (including phenoxy) is 1. The van der Waals surface area contributed by atoms with Gasteiger partial charge >= 0.3 is 0 Å². The zero-order valence-corrected chi connectivity index (χ0v) is 17.8. The maximum Gasteiger partial charge on any atom is 0.133 e. The van der Waals surface area contributed by atoms with Crippen LogP contribution in [0.2, 0.25) is 0 Å². The molecule has 1 saturated carbocycles. The van der Waals surface area contributed by atoms with Crippen LogP contribution in [0.4, 0.5) is 0 Å². The van der Waals surface area contributed by atoms with Gasteiger partial charge in [-0.2, -0.15) is 10.2 Å². The van der Waals surface area contributed by atoms with E-state index >= 15 is 0 Å². The van der Waals surface area contributed by atoms with E-state index in [9.17, 15) is 4.79 Å². The molecule has 0 unspecified atom stereocenters. The van der Waals surface area contributed by atoms with Gasteiger partial charge in [0.15, 0.2) is 0 Å². The van der Waals surface area contributed by atoms with E-state index in [1.165, 1.54) is 0 Å². The molecule has 1 fully saturated rings. The number of benzene rings is 2. The molecule has 1 aliphatic rings. The average molecular weight is 402 g/mol. The second-order valence-electron chi connectivity index (χ2n) is 8.52. The Balaban J connectivity index is 1.58. The number of aromatic nitrogens is 4. The third-order valence-electron chi connectivity index (χ3n) is 6.33. The third-order valence-corrected chi connectivity index (χ3v) is 6.33. The fourth-order valence-electron chi connectivity index (χ4n) is 4.63. The Morgan fingerprint density at radius 1 is 1.10 bits per heavy atom. The average Bonchev–Trinajstić information content (AvgIpc) is 3.39. The second-order valence-corrected chi connectivity index (χ2v) is 8.52. The molecular weight excluding hydrogens is 376 g/mol. The summed E-state index contributed by atoms with van der Waals surface area (Å²) < 4.78 is 10.2. The summed E-state index contributed by atoms with van der Waals surface area (Å²) >= 11 is 0. The third kappa shape index (κ3) is 3.16. The summed E-state index contributed by atoms with van der Waals surface area (Å²) in [4.78, 5) is 11.7. The van der Waals surface area contributed by atoms with Crippen molar-refractivity contribution in [3.05, 3.63) is 42.2 Å². The number of aryl methyl sites for hydroxylation is 3. The Kier molecular flexibility index (Phi) is 4.38. The summed E-state index contributed by atoms with van der Waals surface area (Å²) in [6.07, 6.45) is 4.18. The maximum absolute atomic E-state index is 11.7. The number of hydrogen-bond acceptors (Lipinski definition) is 4. The van der Waals surface area contributed by atoms with Gasteiger partial charge in [-0.05, 0) is 55.7 Å². The van der Waals surface area contributed by atoms with E-state index in [1.807, 2.05) is 36.6 Å². The Bertz CT molecular complexity index is 1280. The molecule has 4 aromatic rings. The molecule has 6 heteroatoms. The summed E-state index contributed by atoms with van der Waals surface area (Å²) in [5.41, 5.74) is 5.22. The molecule has 0 radical (unpaired) electrons. The first-order chi connectivity index (χ1) is 14.4. The van der Waals surface area contributed by atoms with Crippen molar-refractivity contribution in [1.29, 1.82) is 0 Å². The predicted octanol–water partition coefficient (Wildman–Crippen LogP) is 4.57. The number of nitrogens with zero attached hydrogens (tertiary/aromatic N) is 4. The number of Topliss-reactive ketones (excluding diaryl/α,β-unsaturated/α-hetero) is 1. The molecule has 1 aliphatic carbocycles. The van der Waals surface area contributed by atoms with Crippen molar-refractivity contribution in [3.8, 4) is 16.9 Å². The highest BCUT2D eigenvalue weighted by atomic mass is 16.5. The van der Waals surface area contributed by atoms with Gasteiger partial charge in [0, 0.05) is 44.4 Å². The molecule has 0 amide bonds. The van der Waals surface area contributed by atoms with E-state index < -0.39 is 0 Å². The minimum absolute atomic E-state index is 0.0156. The highest BCUT2D eigenvalue weighted by Crippen LogP contribution is 2.36. The van der Waals surface area contributed by atoms with Crippen LogP contribution in [0, 0.1) is 12.8 Å². The standard InChI is InChI=1S/C24H26N4O2/c1-14-20-10-17(6-8-23(20)28(4)25-14)18-11-22-21(13-27(3)26-22)24(12-18)30-15(2)16-5-7-19(29)9-16/h6,8,10-13,15-16H,5,7,9H2,1-4H3/t15-,16+/m1/s1. The highest BCUT2D eigenvalue weighted by molar-refractivity contribution is 5.92. The molecule has 2 aromatic heterocycles. The Morgan fingerprint density at radius 3 is 2.70 bits per heavy atom. The number of carbonyl (C=O) groups is 1. The minimum Gasteiger partial charge on any atom is -0.490 e. The lowest BCUT2D eigenvalue weighted by Gasteiger charge is -2.21. The number of hydrogen-bond donors (Lipinski definition) is 0. The van der Waals surface area contributed by atoms with Gasteiger partial charge in [-0.15, -0.1) is 0 Å². The molecule has 30 heavy (non-hydrogen) atoms. The first-order valence-electron chi connectivity index (χ1n) is 10.5. The van der Waals surface area contributed by atoms with Crippen LogP contribution in [0.25, 0.3) is 32.9 Å². The summed E-state index contributed by atoms with van der Waals surface area (Å²) in [7, 11) is 3.89. The Hall–Kier alpha value is -3.15. The van der Waals surface area contributed by atoms with Crippen molar-refractivity contribution in [2.45, 2.75) is 39.2 Å². The normalized spacial score (nSPS) is 17.9. The van der Waals surface area contributed by atoms with Crippen LogP contribution in [0.15, 0.2) is 36.5 Å². The van der Waals surface area contributed by atoms with E-state index in [-0.39, 0.29) is 12.0 Å². The van der Waals surface area contributed by atoms with Crippen LogP contribution in [-0.2, 0) is 18.9 Å². The molecule has 2 heterocycles. The van der Waals surface area contributed by atoms with Gasteiger partial charge in [0.1, 0.15) is 11.5 Å². The molecule has 0 saturated heterocycles. The van der Waals surface area contributed by atoms with Gasteiger partial charge in [0.05, 0.1) is 28.2 Å². The van der Waals surface area contributed by atoms with Gasteiger partial charge < -0.3 is 4.74 Å². The van der Waals surface area contributed by atoms with Crippen LogP contribution < -0.4 is 4.74 Å². The van der Waals surface area contributed by atoms with Crippen molar-refractivity contribution in [2.24, 2.45) is 20.0 Å². The fraction of sp³-hybridized carbons (Fsp3) is 0.375. The molecule has 5 rings (SSSR count). The molecule has 154 valence electrons. The highest BCUT2D eigenvalue weighted by Gasteiger charge is 2.28. The van der Waals surface area contributed by atoms with Gasteiger partial charge in [-0.3, -0.25) is 14.2 Å². The summed E-state index contributed by atoms with van der Waals surface area (Å²) in [5, 5.41) is 11.3. The summed E-state index contributed by atoms with van der Waals surface area (Å²) in [5.74, 6) is 1.45. The zero-order valence-electron chi connectivity index (χ0n) is 17.8. The molecule has 2 aromatic carbocycles. The first kappa shape index (κ1) is 18.9. The smallest absolute Gasteiger partial charge is 0.133 e. The van der Waals surface area contributed by atoms with E-state index in [0.717, 1.165) is 50.8 Å². The van der Waals surface area contributed by atoms with Crippen LogP contribution in [0.1, 0.15) is 31.9 Å². The fourth-order valence-corrected chi connectivity index (χ4v) is 4.63. The van der Waals surface area contributed by atoms with Crippen molar-refractivity contribution in [3.63, 3.8) is 0 Å². The number of carbonyl (C=O) groups excluding carboxylic acids is 1. The summed E-state index contributed by atoms with van der Waals surface area (Å²) in [6, 6.07) is 10.6. The lowest BCUT2D eigenvalue weighted by molar-refractivity contribution is -0.117. The van der Waals surface area contributed by atoms with Crippen molar-refractivity contribution in [2.75, 3.05) is 0 Å². The molecule has 0 aliphatic heterocycles. The Labute approximate surface area is 175 Å². The molecule has 0 spiro atoms. The van der Waals surface area contributed by atoms with Crippen LogP contribution in [-0.4, -0.2) is 31.4 Å². The van der Waals surface area contributed by atoms with Gasteiger partial charge in [0.25, 0.3) is 0 Å². The lowest BCUT2D eigenvalue weighted by Crippen LogP contribution is -2.21. The Morgan fingerprint density at radius 2 is 1.93 bits per heavy atom. The monoisotopic (exact) mass is 402 g/mol. The van der Waals surface area contributed by atoms with E-state index in [4.69, 9.17) is 4.74 Å². The zero-order chi connectivity index (χ0) is 21.0. The van der Waals surface area contributed by atoms with Gasteiger partial charge in [-0.25, -0.2) is 0 Å². The molecule has 2 atom stereocenters. The quantitative estimate of drug-likeness (QED) is 0.502. The van der Waals surface area contributed by atoms with Crippen molar-refractivity contribution in [1.82, 2.24) is 19.6 Å². The lowest BCUT2D eigenvalue weighted by atomic mass is 10.0. The number of rotatable bonds is 4.